The molecule has 2 aromatic carbocycles. The molecule has 0 spiro atoms. The number of aliphatic carboxylic acids is 1. The molecule has 0 saturated heterocycles. The molecule has 2 N–H and O–H groups in total. The molecular weight excluding hydrogens is 334 g/mol. The number of hydrogen-bond acceptors (Lipinski definition) is 3. The van der Waals surface area contributed by atoms with Crippen LogP contribution in [-0.4, -0.2) is 22.7 Å². The van der Waals surface area contributed by atoms with Crippen LogP contribution in [0.2, 0.25) is 0 Å². The van der Waals surface area contributed by atoms with Crippen molar-refractivity contribution in [1.29, 1.82) is 0 Å². The molecular formula is C20H19NO3S. The fraction of sp³-hybridized carbons (Fsp3) is 0.100. The number of allylic oxidation sites excluding steroid dienone is 2. The fourth-order valence-electron chi connectivity index (χ4n) is 1.97. The lowest BCUT2D eigenvalue weighted by molar-refractivity contribution is -0.131. The van der Waals surface area contributed by atoms with Crippen LogP contribution in [0.3, 0.4) is 0 Å². The number of thioether (sulfide) groups is 1. The van der Waals surface area contributed by atoms with Gasteiger partial charge >= 0.3 is 5.97 Å². The number of rotatable bonds is 7. The first-order chi connectivity index (χ1) is 12.0. The average Bonchev–Trinajstić information content (AvgIpc) is 2.60. The summed E-state index contributed by atoms with van der Waals surface area (Å²) in [5, 5.41) is 12.0. The zero-order chi connectivity index (χ0) is 18.1. The third kappa shape index (κ3) is 6.69. The maximum atomic E-state index is 11.9. The number of nitrogens with one attached hydrogen (secondary N) is 1. The van der Waals surface area contributed by atoms with Crippen molar-refractivity contribution in [3.05, 3.63) is 82.8 Å². The molecule has 2 rings (SSSR count). The highest BCUT2D eigenvalue weighted by molar-refractivity contribution is 8.04. The van der Waals surface area contributed by atoms with E-state index in [0.29, 0.717) is 5.69 Å². The Hall–Kier alpha value is -2.79. The summed E-state index contributed by atoms with van der Waals surface area (Å²) in [4.78, 5) is 23.4. The molecule has 5 heteroatoms. The molecule has 0 bridgehead atoms. The van der Waals surface area contributed by atoms with Crippen LogP contribution in [0.1, 0.15) is 11.1 Å². The van der Waals surface area contributed by atoms with E-state index >= 15 is 0 Å². The number of amides is 1. The molecule has 0 aromatic heterocycles. The summed E-state index contributed by atoms with van der Waals surface area (Å²) in [6.07, 6.45) is 4.98. The van der Waals surface area contributed by atoms with E-state index in [2.05, 4.69) is 5.32 Å². The molecule has 0 aliphatic rings. The van der Waals surface area contributed by atoms with Crippen LogP contribution in [0.5, 0.6) is 0 Å². The molecule has 4 nitrogen and oxygen atoms in total. The van der Waals surface area contributed by atoms with E-state index in [9.17, 15) is 14.7 Å². The van der Waals surface area contributed by atoms with Gasteiger partial charge in [0.05, 0.1) is 10.7 Å². The zero-order valence-electron chi connectivity index (χ0n) is 13.8. The topological polar surface area (TPSA) is 66.4 Å². The summed E-state index contributed by atoms with van der Waals surface area (Å²) in [6.45, 7) is 1.97. The van der Waals surface area contributed by atoms with Gasteiger partial charge in [0.2, 0.25) is 5.91 Å². The Bertz CT molecular complexity index is 780. The van der Waals surface area contributed by atoms with Crippen LogP contribution in [0, 0.1) is 6.92 Å². The molecule has 25 heavy (non-hydrogen) atoms. The van der Waals surface area contributed by atoms with Crippen molar-refractivity contribution in [3.8, 4) is 0 Å². The molecule has 0 fully saturated rings. The van der Waals surface area contributed by atoms with Gasteiger partial charge in [0.15, 0.2) is 0 Å². The van der Waals surface area contributed by atoms with Gasteiger partial charge in [-0.25, -0.2) is 4.79 Å². The quantitative estimate of drug-likeness (QED) is 0.574. The van der Waals surface area contributed by atoms with Gasteiger partial charge in [-0.05, 0) is 30.7 Å². The first kappa shape index (κ1) is 18.5. The zero-order valence-corrected chi connectivity index (χ0v) is 14.6. The Morgan fingerprint density at radius 3 is 2.40 bits per heavy atom. The van der Waals surface area contributed by atoms with Crippen molar-refractivity contribution >= 4 is 35.4 Å². The first-order valence-corrected chi connectivity index (χ1v) is 8.69. The van der Waals surface area contributed by atoms with Crippen LogP contribution in [0.25, 0.3) is 6.08 Å². The van der Waals surface area contributed by atoms with Crippen molar-refractivity contribution in [3.63, 3.8) is 0 Å². The molecule has 128 valence electrons. The second-order valence-corrected chi connectivity index (χ2v) is 6.33. The molecule has 1 amide bonds. The molecule has 0 aliphatic heterocycles. The van der Waals surface area contributed by atoms with E-state index in [-0.39, 0.29) is 16.6 Å². The maximum Gasteiger partial charge on any atom is 0.342 e. The lowest BCUT2D eigenvalue weighted by atomic mass is 10.2. The second-order valence-electron chi connectivity index (χ2n) is 5.31. The van der Waals surface area contributed by atoms with Gasteiger partial charge in [0.1, 0.15) is 0 Å². The minimum Gasteiger partial charge on any atom is -0.477 e. The van der Waals surface area contributed by atoms with E-state index in [1.807, 2.05) is 67.6 Å². The lowest BCUT2D eigenvalue weighted by Crippen LogP contribution is -2.14. The summed E-state index contributed by atoms with van der Waals surface area (Å²) < 4.78 is 0. The van der Waals surface area contributed by atoms with Crippen molar-refractivity contribution in [1.82, 2.24) is 0 Å². The number of benzene rings is 2. The Kier molecular flexibility index (Phi) is 7.04. The Labute approximate surface area is 151 Å². The van der Waals surface area contributed by atoms with Gasteiger partial charge < -0.3 is 10.4 Å². The molecule has 0 radical (unpaired) electrons. The van der Waals surface area contributed by atoms with Crippen LogP contribution in [0.4, 0.5) is 5.69 Å². The van der Waals surface area contributed by atoms with Crippen molar-refractivity contribution in [2.24, 2.45) is 0 Å². The van der Waals surface area contributed by atoms with E-state index in [4.69, 9.17) is 0 Å². The summed E-state index contributed by atoms with van der Waals surface area (Å²) in [7, 11) is 0. The first-order valence-electron chi connectivity index (χ1n) is 7.70. The van der Waals surface area contributed by atoms with Gasteiger partial charge in [0.25, 0.3) is 0 Å². The van der Waals surface area contributed by atoms with Gasteiger partial charge in [-0.2, -0.15) is 0 Å². The monoisotopic (exact) mass is 353 g/mol. The normalized spacial score (nSPS) is 11.5. The third-order valence-corrected chi connectivity index (χ3v) is 4.27. The highest BCUT2D eigenvalue weighted by atomic mass is 32.2. The number of anilines is 1. The average molecular weight is 353 g/mol. The fourth-order valence-corrected chi connectivity index (χ4v) is 2.63. The largest absolute Gasteiger partial charge is 0.477 e. The number of carbonyl (C=O) groups is 2. The van der Waals surface area contributed by atoms with Crippen LogP contribution in [-0.2, 0) is 9.59 Å². The highest BCUT2D eigenvalue weighted by Crippen LogP contribution is 2.17. The number of aryl methyl sites for hydroxylation is 1. The van der Waals surface area contributed by atoms with Crippen molar-refractivity contribution < 1.29 is 14.7 Å². The molecule has 0 aliphatic carbocycles. The molecule has 0 atom stereocenters. The van der Waals surface area contributed by atoms with Crippen molar-refractivity contribution in [2.75, 3.05) is 11.1 Å². The van der Waals surface area contributed by atoms with Gasteiger partial charge in [-0.3, -0.25) is 4.79 Å². The number of carbonyl (C=O) groups excluding carboxylic acids is 1. The smallest absolute Gasteiger partial charge is 0.342 e. The van der Waals surface area contributed by atoms with Crippen LogP contribution in [0.15, 0.2) is 71.7 Å². The van der Waals surface area contributed by atoms with Gasteiger partial charge in [-0.1, -0.05) is 60.2 Å². The summed E-state index contributed by atoms with van der Waals surface area (Å²) in [5.74, 6) is -1.26. The standard InChI is InChI=1S/C20H19NO3S/c1-15-10-12-17(13-11-15)21-19(22)14-25-18(20(23)24)9-5-8-16-6-3-2-4-7-16/h2-13H,14H2,1H3,(H,21,22)(H,23,24)/b8-5+,18-9+. The minimum atomic E-state index is -1.05. The molecule has 0 saturated carbocycles. The predicted octanol–water partition coefficient (Wildman–Crippen LogP) is 4.35. The van der Waals surface area contributed by atoms with E-state index < -0.39 is 5.97 Å². The second kappa shape index (κ2) is 9.49. The molecule has 0 heterocycles. The number of carboxylic acid groups (broad SMARTS) is 1. The Morgan fingerprint density at radius 2 is 1.76 bits per heavy atom. The minimum absolute atomic E-state index is 0.0329. The van der Waals surface area contributed by atoms with Gasteiger partial charge in [-0.15, -0.1) is 11.8 Å². The number of hydrogen-bond donors (Lipinski definition) is 2. The summed E-state index contributed by atoms with van der Waals surface area (Å²) in [6, 6.07) is 17.0. The van der Waals surface area contributed by atoms with Gasteiger partial charge in [0, 0.05) is 5.69 Å². The van der Waals surface area contributed by atoms with E-state index in [0.717, 1.165) is 22.9 Å². The van der Waals surface area contributed by atoms with E-state index in [1.165, 1.54) is 6.08 Å². The van der Waals surface area contributed by atoms with Crippen LogP contribution < -0.4 is 5.32 Å². The third-order valence-electron chi connectivity index (χ3n) is 3.24. The molecule has 0 unspecified atom stereocenters. The van der Waals surface area contributed by atoms with Crippen molar-refractivity contribution in [2.45, 2.75) is 6.92 Å². The SMILES string of the molecule is Cc1ccc(NC(=O)CS/C(=C/C=C/c2ccccc2)C(=O)O)cc1. The van der Waals surface area contributed by atoms with E-state index in [1.54, 1.807) is 6.08 Å². The number of carboxylic acids is 1. The van der Waals surface area contributed by atoms with Crippen LogP contribution >= 0.6 is 11.8 Å². The summed E-state index contributed by atoms with van der Waals surface area (Å²) in [5.41, 5.74) is 2.78. The lowest BCUT2D eigenvalue weighted by Gasteiger charge is -2.05. The molecule has 2 aromatic rings. The Balaban J connectivity index is 1.91. The Morgan fingerprint density at radius 1 is 1.08 bits per heavy atom. The maximum absolute atomic E-state index is 11.9. The highest BCUT2D eigenvalue weighted by Gasteiger charge is 2.10. The predicted molar refractivity (Wildman–Crippen MR) is 103 cm³/mol. The summed E-state index contributed by atoms with van der Waals surface area (Å²) >= 11 is 0.994.